The third-order valence-electron chi connectivity index (χ3n) is 7.37. The maximum atomic E-state index is 14.0. The second-order valence-corrected chi connectivity index (χ2v) is 9.12. The molecule has 0 bridgehead atoms. The standard InChI is InChI=1S/C27H29F2N/c1-2-3-4-18-5-6-23-14-22(12-11-21(23)13-18)19-7-9-20(10-8-19)24-15-26(28)25(17-30)27(29)16-24/h2,7-10,15-16,18,21-23H,1,3-6,11-14H2. The minimum absolute atomic E-state index is 0.470. The maximum absolute atomic E-state index is 14.0. The first-order chi connectivity index (χ1) is 14.6. The quantitative estimate of drug-likeness (QED) is 0.466. The van der Waals surface area contributed by atoms with Gasteiger partial charge in [-0.15, -0.1) is 6.58 Å². The van der Waals surface area contributed by atoms with Crippen molar-refractivity contribution in [1.29, 1.82) is 5.26 Å². The van der Waals surface area contributed by atoms with Crippen LogP contribution in [-0.4, -0.2) is 0 Å². The van der Waals surface area contributed by atoms with E-state index in [1.54, 1.807) is 6.07 Å². The van der Waals surface area contributed by atoms with Crippen molar-refractivity contribution in [3.63, 3.8) is 0 Å². The highest BCUT2D eigenvalue weighted by atomic mass is 19.1. The summed E-state index contributed by atoms with van der Waals surface area (Å²) in [6, 6.07) is 12.2. The smallest absolute Gasteiger partial charge is 0.144 e. The lowest BCUT2D eigenvalue weighted by molar-refractivity contribution is 0.115. The fraction of sp³-hybridized carbons (Fsp3) is 0.444. The molecule has 156 valence electrons. The zero-order valence-corrected chi connectivity index (χ0v) is 17.4. The van der Waals surface area contributed by atoms with Gasteiger partial charge in [0.2, 0.25) is 0 Å². The van der Waals surface area contributed by atoms with Gasteiger partial charge < -0.3 is 0 Å². The van der Waals surface area contributed by atoms with Crippen molar-refractivity contribution >= 4 is 0 Å². The number of allylic oxidation sites excluding steroid dienone is 1. The highest BCUT2D eigenvalue weighted by Crippen LogP contribution is 2.48. The summed E-state index contributed by atoms with van der Waals surface area (Å²) in [5.74, 6) is 1.57. The molecule has 2 aromatic carbocycles. The molecule has 0 spiro atoms. The summed E-state index contributed by atoms with van der Waals surface area (Å²) in [5.41, 5.74) is 2.06. The van der Waals surface area contributed by atoms with E-state index in [4.69, 9.17) is 5.26 Å². The Labute approximate surface area is 178 Å². The molecule has 2 saturated carbocycles. The SMILES string of the molecule is C=CCCC1CCC2CC(c3ccc(-c4cc(F)c(C#N)c(F)c4)cc3)CCC2C1. The Morgan fingerprint density at radius 3 is 2.27 bits per heavy atom. The molecule has 30 heavy (non-hydrogen) atoms. The first-order valence-electron chi connectivity index (χ1n) is 11.2. The van der Waals surface area contributed by atoms with Crippen LogP contribution < -0.4 is 0 Å². The lowest BCUT2D eigenvalue weighted by Gasteiger charge is -2.42. The van der Waals surface area contributed by atoms with Crippen molar-refractivity contribution in [3.8, 4) is 17.2 Å². The highest BCUT2D eigenvalue weighted by Gasteiger charge is 2.35. The second-order valence-electron chi connectivity index (χ2n) is 9.12. The molecular weight excluding hydrogens is 376 g/mol. The van der Waals surface area contributed by atoms with Crippen LogP contribution in [0.15, 0.2) is 49.1 Å². The molecule has 2 fully saturated rings. The topological polar surface area (TPSA) is 23.8 Å². The summed E-state index contributed by atoms with van der Waals surface area (Å²) in [6.45, 7) is 3.86. The lowest BCUT2D eigenvalue weighted by Crippen LogP contribution is -2.30. The van der Waals surface area contributed by atoms with E-state index in [9.17, 15) is 8.78 Å². The van der Waals surface area contributed by atoms with Crippen molar-refractivity contribution in [2.45, 2.75) is 57.3 Å². The largest absolute Gasteiger partial charge is 0.205 e. The number of nitriles is 1. The Hall–Kier alpha value is -2.47. The van der Waals surface area contributed by atoms with E-state index in [0.717, 1.165) is 29.7 Å². The zero-order valence-electron chi connectivity index (χ0n) is 17.4. The second kappa shape index (κ2) is 9.13. The molecule has 2 aliphatic carbocycles. The van der Waals surface area contributed by atoms with Crippen LogP contribution in [-0.2, 0) is 0 Å². The average molecular weight is 406 g/mol. The molecule has 0 N–H and O–H groups in total. The fourth-order valence-corrected chi connectivity index (χ4v) is 5.70. The summed E-state index contributed by atoms with van der Waals surface area (Å²) in [7, 11) is 0. The van der Waals surface area contributed by atoms with E-state index < -0.39 is 17.2 Å². The van der Waals surface area contributed by atoms with E-state index in [1.807, 2.05) is 18.2 Å². The number of benzene rings is 2. The summed E-state index contributed by atoms with van der Waals surface area (Å²) in [4.78, 5) is 0. The highest BCUT2D eigenvalue weighted by molar-refractivity contribution is 5.65. The van der Waals surface area contributed by atoms with Gasteiger partial charge in [-0.05, 0) is 97.4 Å². The Kier molecular flexibility index (Phi) is 6.32. The zero-order chi connectivity index (χ0) is 21.1. The number of hydrogen-bond acceptors (Lipinski definition) is 1. The van der Waals surface area contributed by atoms with E-state index in [-0.39, 0.29) is 0 Å². The molecule has 0 amide bonds. The molecule has 2 aromatic rings. The van der Waals surface area contributed by atoms with E-state index in [1.165, 1.54) is 62.6 Å². The van der Waals surface area contributed by atoms with Crippen molar-refractivity contribution in [1.82, 2.24) is 0 Å². The molecule has 4 atom stereocenters. The third kappa shape index (κ3) is 4.33. The fourth-order valence-electron chi connectivity index (χ4n) is 5.70. The molecule has 2 aliphatic rings. The van der Waals surface area contributed by atoms with Crippen LogP contribution in [0, 0.1) is 40.7 Å². The van der Waals surface area contributed by atoms with Crippen LogP contribution in [0.25, 0.3) is 11.1 Å². The van der Waals surface area contributed by atoms with E-state index in [0.29, 0.717) is 11.5 Å². The van der Waals surface area contributed by atoms with Gasteiger partial charge in [0.05, 0.1) is 0 Å². The van der Waals surface area contributed by atoms with Crippen LogP contribution in [0.5, 0.6) is 0 Å². The predicted molar refractivity (Wildman–Crippen MR) is 117 cm³/mol. The molecule has 0 saturated heterocycles. The number of fused-ring (bicyclic) bond motifs is 1. The molecule has 0 heterocycles. The molecule has 4 rings (SSSR count). The minimum Gasteiger partial charge on any atom is -0.205 e. The summed E-state index contributed by atoms with van der Waals surface area (Å²) < 4.78 is 27.9. The Morgan fingerprint density at radius 2 is 1.60 bits per heavy atom. The van der Waals surface area contributed by atoms with Gasteiger partial charge in [0, 0.05) is 0 Å². The summed E-state index contributed by atoms with van der Waals surface area (Å²) >= 11 is 0. The Morgan fingerprint density at radius 1 is 0.933 bits per heavy atom. The van der Waals surface area contributed by atoms with Crippen molar-refractivity contribution in [2.75, 3.05) is 0 Å². The van der Waals surface area contributed by atoms with Crippen LogP contribution in [0.3, 0.4) is 0 Å². The van der Waals surface area contributed by atoms with Gasteiger partial charge in [-0.1, -0.05) is 36.8 Å². The molecule has 1 nitrogen and oxygen atoms in total. The van der Waals surface area contributed by atoms with Crippen molar-refractivity contribution in [2.24, 2.45) is 17.8 Å². The van der Waals surface area contributed by atoms with Gasteiger partial charge in [-0.25, -0.2) is 8.78 Å². The maximum Gasteiger partial charge on any atom is 0.144 e. The normalized spacial score (nSPS) is 25.9. The van der Waals surface area contributed by atoms with Gasteiger partial charge in [0.25, 0.3) is 0 Å². The molecule has 0 aromatic heterocycles. The first-order valence-corrected chi connectivity index (χ1v) is 11.2. The van der Waals surface area contributed by atoms with Gasteiger partial charge in [0.1, 0.15) is 23.3 Å². The summed E-state index contributed by atoms with van der Waals surface area (Å²) in [5, 5.41) is 8.84. The van der Waals surface area contributed by atoms with Crippen LogP contribution >= 0.6 is 0 Å². The van der Waals surface area contributed by atoms with Gasteiger partial charge in [-0.2, -0.15) is 5.26 Å². The van der Waals surface area contributed by atoms with Gasteiger partial charge in [0.15, 0.2) is 0 Å². The number of nitrogens with zero attached hydrogens (tertiary/aromatic N) is 1. The third-order valence-corrected chi connectivity index (χ3v) is 7.37. The number of halogens is 2. The van der Waals surface area contributed by atoms with Crippen LogP contribution in [0.1, 0.15) is 68.4 Å². The number of rotatable bonds is 5. The van der Waals surface area contributed by atoms with Crippen LogP contribution in [0.2, 0.25) is 0 Å². The first kappa shape index (κ1) is 20.8. The molecular formula is C27H29F2N. The molecule has 3 heteroatoms. The average Bonchev–Trinajstić information content (AvgIpc) is 2.77. The molecule has 0 aliphatic heterocycles. The molecule has 0 radical (unpaired) electrons. The van der Waals surface area contributed by atoms with Crippen molar-refractivity contribution in [3.05, 3.63) is 71.8 Å². The monoisotopic (exact) mass is 405 g/mol. The number of hydrogen-bond donors (Lipinski definition) is 0. The molecule has 4 unspecified atom stereocenters. The van der Waals surface area contributed by atoms with Crippen LogP contribution in [0.4, 0.5) is 8.78 Å². The van der Waals surface area contributed by atoms with Gasteiger partial charge >= 0.3 is 0 Å². The minimum atomic E-state index is -0.807. The van der Waals surface area contributed by atoms with Gasteiger partial charge in [-0.3, -0.25) is 0 Å². The van der Waals surface area contributed by atoms with E-state index >= 15 is 0 Å². The predicted octanol–water partition coefficient (Wildman–Crippen LogP) is 7.77. The summed E-state index contributed by atoms with van der Waals surface area (Å²) in [6.07, 6.45) is 12.4. The Balaban J connectivity index is 1.42. The van der Waals surface area contributed by atoms with Crippen molar-refractivity contribution < 1.29 is 8.78 Å². The Bertz CT molecular complexity index is 917. The lowest BCUT2D eigenvalue weighted by atomic mass is 9.63. The van der Waals surface area contributed by atoms with E-state index in [2.05, 4.69) is 18.7 Å².